The first-order chi connectivity index (χ1) is 11.1. The Bertz CT molecular complexity index is 748. The molecule has 0 heterocycles. The van der Waals surface area contributed by atoms with Gasteiger partial charge in [-0.1, -0.05) is 24.3 Å². The van der Waals surface area contributed by atoms with E-state index in [4.69, 9.17) is 5.26 Å². The highest BCUT2D eigenvalue weighted by Crippen LogP contribution is 2.14. The van der Waals surface area contributed by atoms with Gasteiger partial charge in [0.2, 0.25) is 5.91 Å². The number of hydrogen-bond acceptors (Lipinski definition) is 4. The van der Waals surface area contributed by atoms with Gasteiger partial charge in [0.05, 0.1) is 17.2 Å². The molecule has 6 heteroatoms. The summed E-state index contributed by atoms with van der Waals surface area (Å²) in [4.78, 5) is 23.5. The zero-order chi connectivity index (χ0) is 16.7. The maximum absolute atomic E-state index is 11.8. The van der Waals surface area contributed by atoms with Gasteiger partial charge in [-0.05, 0) is 36.2 Å². The van der Waals surface area contributed by atoms with Crippen molar-refractivity contribution in [3.63, 3.8) is 0 Å². The summed E-state index contributed by atoms with van der Waals surface area (Å²) in [6, 6.07) is 15.0. The molecule has 3 N–H and O–H groups in total. The topological polar surface area (TPSA) is 102 Å². The van der Waals surface area contributed by atoms with Gasteiger partial charge in [0.1, 0.15) is 5.75 Å². The third-order valence-corrected chi connectivity index (χ3v) is 3.19. The van der Waals surface area contributed by atoms with Crippen LogP contribution in [0.4, 0.5) is 0 Å². The molecular weight excluding hydrogens is 294 g/mol. The van der Waals surface area contributed by atoms with Gasteiger partial charge < -0.3 is 5.11 Å². The number of rotatable bonds is 4. The van der Waals surface area contributed by atoms with E-state index in [9.17, 15) is 14.7 Å². The molecule has 0 bridgehead atoms. The molecule has 23 heavy (non-hydrogen) atoms. The quantitative estimate of drug-likeness (QED) is 0.747. The van der Waals surface area contributed by atoms with E-state index in [2.05, 4.69) is 10.9 Å². The van der Waals surface area contributed by atoms with Crippen LogP contribution in [0, 0.1) is 11.3 Å². The normalized spacial score (nSPS) is 9.70. The van der Waals surface area contributed by atoms with E-state index in [0.29, 0.717) is 12.0 Å². The van der Waals surface area contributed by atoms with Crippen molar-refractivity contribution >= 4 is 11.8 Å². The average Bonchev–Trinajstić information content (AvgIpc) is 2.58. The molecule has 0 atom stereocenters. The van der Waals surface area contributed by atoms with Crippen LogP contribution in [0.1, 0.15) is 27.9 Å². The minimum absolute atomic E-state index is 0.0832. The van der Waals surface area contributed by atoms with E-state index >= 15 is 0 Å². The Morgan fingerprint density at radius 2 is 1.74 bits per heavy atom. The molecule has 2 aromatic rings. The minimum atomic E-state index is -0.588. The van der Waals surface area contributed by atoms with Crippen LogP contribution >= 0.6 is 0 Å². The number of carbonyl (C=O) groups is 2. The van der Waals surface area contributed by atoms with Crippen LogP contribution in [0.25, 0.3) is 0 Å². The zero-order valence-corrected chi connectivity index (χ0v) is 12.2. The molecule has 2 aromatic carbocycles. The number of hydrazine groups is 1. The lowest BCUT2D eigenvalue weighted by Crippen LogP contribution is -2.41. The van der Waals surface area contributed by atoms with Gasteiger partial charge in [0.25, 0.3) is 5.91 Å². The summed E-state index contributed by atoms with van der Waals surface area (Å²) in [5, 5.41) is 18.3. The Labute approximate surface area is 133 Å². The first kappa shape index (κ1) is 16.0. The number of phenols is 1. The number of amides is 2. The third-order valence-electron chi connectivity index (χ3n) is 3.19. The standard InChI is InChI=1S/C17H15N3O3/c18-11-13-7-5-12(6-8-13)9-10-16(22)19-20-17(23)14-3-1-2-4-15(14)21/h1-8,21H,9-10H2,(H,19,22)(H,20,23). The van der Waals surface area contributed by atoms with Crippen molar-refractivity contribution < 1.29 is 14.7 Å². The average molecular weight is 309 g/mol. The van der Waals surface area contributed by atoms with Crippen molar-refractivity contribution in [1.29, 1.82) is 5.26 Å². The van der Waals surface area contributed by atoms with Crippen molar-refractivity contribution in [2.24, 2.45) is 0 Å². The highest BCUT2D eigenvalue weighted by Gasteiger charge is 2.11. The Morgan fingerprint density at radius 1 is 1.04 bits per heavy atom. The summed E-state index contributed by atoms with van der Waals surface area (Å²) in [6.07, 6.45) is 0.678. The van der Waals surface area contributed by atoms with Gasteiger partial charge in [-0.3, -0.25) is 20.4 Å². The van der Waals surface area contributed by atoms with Crippen molar-refractivity contribution in [2.45, 2.75) is 12.8 Å². The molecule has 6 nitrogen and oxygen atoms in total. The molecular formula is C17H15N3O3. The van der Waals surface area contributed by atoms with Crippen LogP contribution in [0.5, 0.6) is 5.75 Å². The summed E-state index contributed by atoms with van der Waals surface area (Å²) in [5.41, 5.74) is 6.12. The Kier molecular flexibility index (Phi) is 5.31. The molecule has 0 aliphatic carbocycles. The van der Waals surface area contributed by atoms with Gasteiger partial charge in [-0.2, -0.15) is 5.26 Å². The van der Waals surface area contributed by atoms with E-state index < -0.39 is 5.91 Å². The monoisotopic (exact) mass is 309 g/mol. The molecule has 2 rings (SSSR count). The van der Waals surface area contributed by atoms with Gasteiger partial charge >= 0.3 is 0 Å². The summed E-state index contributed by atoms with van der Waals surface area (Å²) < 4.78 is 0. The number of nitriles is 1. The summed E-state index contributed by atoms with van der Waals surface area (Å²) >= 11 is 0. The van der Waals surface area contributed by atoms with Crippen LogP contribution in [0.15, 0.2) is 48.5 Å². The first-order valence-electron chi connectivity index (χ1n) is 6.96. The second-order valence-corrected chi connectivity index (χ2v) is 4.83. The largest absolute Gasteiger partial charge is 0.507 e. The highest BCUT2D eigenvalue weighted by molar-refractivity contribution is 5.97. The smallest absolute Gasteiger partial charge is 0.273 e. The van der Waals surface area contributed by atoms with Gasteiger partial charge in [-0.15, -0.1) is 0 Å². The molecule has 0 saturated carbocycles. The summed E-state index contributed by atoms with van der Waals surface area (Å²) in [7, 11) is 0. The lowest BCUT2D eigenvalue weighted by atomic mass is 10.1. The second-order valence-electron chi connectivity index (χ2n) is 4.83. The molecule has 0 saturated heterocycles. The first-order valence-corrected chi connectivity index (χ1v) is 6.96. The highest BCUT2D eigenvalue weighted by atomic mass is 16.3. The van der Waals surface area contributed by atoms with Crippen molar-refractivity contribution in [1.82, 2.24) is 10.9 Å². The van der Waals surface area contributed by atoms with Crippen molar-refractivity contribution in [3.8, 4) is 11.8 Å². The predicted molar refractivity (Wildman–Crippen MR) is 83.2 cm³/mol. The zero-order valence-electron chi connectivity index (χ0n) is 12.2. The summed E-state index contributed by atoms with van der Waals surface area (Å²) in [6.45, 7) is 0. The van der Waals surface area contributed by atoms with Crippen molar-refractivity contribution in [3.05, 3.63) is 65.2 Å². The van der Waals surface area contributed by atoms with E-state index in [1.807, 2.05) is 6.07 Å². The van der Waals surface area contributed by atoms with Crippen molar-refractivity contribution in [2.75, 3.05) is 0 Å². The number of aryl methyl sites for hydroxylation is 1. The Hall–Kier alpha value is -3.33. The van der Waals surface area contributed by atoms with Crippen LogP contribution in [0.3, 0.4) is 0 Å². The molecule has 2 amide bonds. The number of hydrogen-bond donors (Lipinski definition) is 3. The molecule has 0 radical (unpaired) electrons. The number of nitrogens with zero attached hydrogens (tertiary/aromatic N) is 1. The summed E-state index contributed by atoms with van der Waals surface area (Å²) in [5.74, 6) is -1.09. The molecule has 0 fully saturated rings. The lowest BCUT2D eigenvalue weighted by Gasteiger charge is -2.08. The number of carbonyl (C=O) groups excluding carboxylic acids is 2. The SMILES string of the molecule is N#Cc1ccc(CCC(=O)NNC(=O)c2ccccc2O)cc1. The van der Waals surface area contributed by atoms with Crippen LogP contribution in [-0.2, 0) is 11.2 Å². The van der Waals surface area contributed by atoms with E-state index in [0.717, 1.165) is 5.56 Å². The van der Waals surface area contributed by atoms with Crippen LogP contribution in [-0.4, -0.2) is 16.9 Å². The minimum Gasteiger partial charge on any atom is -0.507 e. The van der Waals surface area contributed by atoms with Gasteiger partial charge in [0, 0.05) is 6.42 Å². The molecule has 0 aliphatic rings. The van der Waals surface area contributed by atoms with E-state index in [-0.39, 0.29) is 23.6 Å². The number of aromatic hydroxyl groups is 1. The van der Waals surface area contributed by atoms with Gasteiger partial charge in [-0.25, -0.2) is 0 Å². The predicted octanol–water partition coefficient (Wildman–Crippen LogP) is 1.66. The Balaban J connectivity index is 1.80. The number of nitrogens with one attached hydrogen (secondary N) is 2. The van der Waals surface area contributed by atoms with Gasteiger partial charge in [0.15, 0.2) is 0 Å². The molecule has 0 unspecified atom stereocenters. The lowest BCUT2D eigenvalue weighted by molar-refractivity contribution is -0.121. The fraction of sp³-hybridized carbons (Fsp3) is 0.118. The molecule has 116 valence electrons. The fourth-order valence-electron chi connectivity index (χ4n) is 1.93. The van der Waals surface area contributed by atoms with E-state index in [1.54, 1.807) is 36.4 Å². The molecule has 0 aromatic heterocycles. The third kappa shape index (κ3) is 4.58. The van der Waals surface area contributed by atoms with Crippen LogP contribution in [0.2, 0.25) is 0 Å². The fourth-order valence-corrected chi connectivity index (χ4v) is 1.93. The number of phenolic OH excluding ortho intramolecular Hbond substituents is 1. The number of para-hydroxylation sites is 1. The maximum Gasteiger partial charge on any atom is 0.273 e. The molecule has 0 aliphatic heterocycles. The second kappa shape index (κ2) is 7.61. The molecule has 0 spiro atoms. The maximum atomic E-state index is 11.8. The van der Waals surface area contributed by atoms with Crippen LogP contribution < -0.4 is 10.9 Å². The number of benzene rings is 2. The Morgan fingerprint density at radius 3 is 2.39 bits per heavy atom. The van der Waals surface area contributed by atoms with E-state index in [1.165, 1.54) is 12.1 Å².